The fraction of sp³-hybridized carbons (Fsp3) is 0.0938. The third-order valence-electron chi connectivity index (χ3n) is 7.13. The van der Waals surface area contributed by atoms with Gasteiger partial charge >= 0.3 is 0 Å². The molecule has 0 aromatic heterocycles. The molecule has 174 valence electrons. The minimum atomic E-state index is -0.178. The number of nitrogens with one attached hydrogen (secondary N) is 1. The molecule has 1 N–H and O–H groups in total. The lowest BCUT2D eigenvalue weighted by molar-refractivity contribution is 0.260. The molecule has 0 bridgehead atoms. The fourth-order valence-corrected chi connectivity index (χ4v) is 5.35. The van der Waals surface area contributed by atoms with Gasteiger partial charge in [0.2, 0.25) is 0 Å². The lowest BCUT2D eigenvalue weighted by Crippen LogP contribution is -2.38. The number of benzene rings is 4. The second-order valence-electron chi connectivity index (χ2n) is 9.33. The molecule has 4 aromatic rings. The van der Waals surface area contributed by atoms with Crippen molar-refractivity contribution in [3.63, 3.8) is 0 Å². The minimum absolute atomic E-state index is 0.120. The van der Waals surface area contributed by atoms with Crippen molar-refractivity contribution >= 4 is 33.6 Å². The van der Waals surface area contributed by atoms with E-state index in [0.717, 1.165) is 50.6 Å². The van der Waals surface area contributed by atoms with E-state index in [-0.39, 0.29) is 12.3 Å². The van der Waals surface area contributed by atoms with E-state index in [1.54, 1.807) is 0 Å². The highest BCUT2D eigenvalue weighted by atomic mass is 16.5. The van der Waals surface area contributed by atoms with Crippen LogP contribution in [0.1, 0.15) is 22.9 Å². The summed E-state index contributed by atoms with van der Waals surface area (Å²) in [5, 5.41) is 5.91. The Morgan fingerprint density at radius 2 is 1.64 bits per heavy atom. The molecule has 36 heavy (non-hydrogen) atoms. The summed E-state index contributed by atoms with van der Waals surface area (Å²) < 4.78 is 6.24. The van der Waals surface area contributed by atoms with Crippen LogP contribution in [0.3, 0.4) is 0 Å². The Morgan fingerprint density at radius 3 is 2.47 bits per heavy atom. The first kappa shape index (κ1) is 20.8. The highest BCUT2D eigenvalue weighted by molar-refractivity contribution is 6.11. The predicted molar refractivity (Wildman–Crippen MR) is 148 cm³/mol. The number of allylic oxidation sites excluding steroid dienone is 2. The molecule has 0 saturated heterocycles. The molecule has 2 unspecified atom stereocenters. The van der Waals surface area contributed by atoms with Gasteiger partial charge in [-0.25, -0.2) is 4.99 Å². The molecule has 4 aromatic carbocycles. The smallest absolute Gasteiger partial charge is 0.196 e. The Hall–Kier alpha value is -4.57. The van der Waals surface area contributed by atoms with Gasteiger partial charge < -0.3 is 15.0 Å². The molecule has 2 aliphatic heterocycles. The number of anilines is 1. The zero-order chi connectivity index (χ0) is 24.1. The van der Waals surface area contributed by atoms with Gasteiger partial charge in [-0.1, -0.05) is 97.1 Å². The van der Waals surface area contributed by atoms with Crippen molar-refractivity contribution in [2.45, 2.75) is 12.3 Å². The maximum atomic E-state index is 6.24. The van der Waals surface area contributed by atoms with E-state index in [9.17, 15) is 0 Å². The van der Waals surface area contributed by atoms with Crippen molar-refractivity contribution in [1.82, 2.24) is 4.90 Å². The zero-order valence-corrected chi connectivity index (χ0v) is 19.9. The van der Waals surface area contributed by atoms with Gasteiger partial charge in [0, 0.05) is 29.1 Å². The monoisotopic (exact) mass is 467 g/mol. The van der Waals surface area contributed by atoms with Gasteiger partial charge in [0.1, 0.15) is 5.75 Å². The number of aliphatic imine (C=N–C) groups is 1. The van der Waals surface area contributed by atoms with Crippen LogP contribution < -0.4 is 10.1 Å². The summed E-state index contributed by atoms with van der Waals surface area (Å²) in [7, 11) is 2.16. The SMILES string of the molecule is CN1C(c2ccc3c4c(ccc3c2)OC(c2ccccc2)N4)=C(c2ccccc2)N=C2C=CC=CC21. The third-order valence-corrected chi connectivity index (χ3v) is 7.13. The van der Waals surface area contributed by atoms with Crippen LogP contribution in [0.15, 0.2) is 120 Å². The first-order chi connectivity index (χ1) is 17.8. The molecule has 0 fully saturated rings. The van der Waals surface area contributed by atoms with Crippen molar-refractivity contribution in [2.24, 2.45) is 4.99 Å². The Kier molecular flexibility index (Phi) is 4.78. The second kappa shape index (κ2) is 8.28. The summed E-state index contributed by atoms with van der Waals surface area (Å²) in [6.07, 6.45) is 8.30. The molecular weight excluding hydrogens is 442 g/mol. The molecule has 2 atom stereocenters. The van der Waals surface area contributed by atoms with E-state index in [0.29, 0.717) is 0 Å². The van der Waals surface area contributed by atoms with Crippen LogP contribution in [0, 0.1) is 0 Å². The molecule has 0 radical (unpaired) electrons. The summed E-state index contributed by atoms with van der Waals surface area (Å²) >= 11 is 0. The highest BCUT2D eigenvalue weighted by Crippen LogP contribution is 2.44. The van der Waals surface area contributed by atoms with Crippen molar-refractivity contribution in [2.75, 3.05) is 12.4 Å². The van der Waals surface area contributed by atoms with Crippen LogP contribution >= 0.6 is 0 Å². The van der Waals surface area contributed by atoms with Gasteiger partial charge in [-0.3, -0.25) is 0 Å². The van der Waals surface area contributed by atoms with Gasteiger partial charge in [0.25, 0.3) is 0 Å². The van der Waals surface area contributed by atoms with Crippen molar-refractivity contribution in [3.8, 4) is 5.75 Å². The van der Waals surface area contributed by atoms with Crippen LogP contribution in [0.5, 0.6) is 5.75 Å². The first-order valence-electron chi connectivity index (χ1n) is 12.3. The standard InChI is InChI=1S/C32H25N3O/c1-35-27-15-9-8-14-26(27)33-29(21-10-4-2-5-11-21)31(35)24-16-18-25-23(20-24)17-19-28-30(25)34-32(36-28)22-12-6-3-7-13-22/h2-20,27,32,34H,1H3. The number of nitrogens with zero attached hydrogens (tertiary/aromatic N) is 2. The molecule has 4 nitrogen and oxygen atoms in total. The Morgan fingerprint density at radius 1 is 0.833 bits per heavy atom. The topological polar surface area (TPSA) is 36.9 Å². The van der Waals surface area contributed by atoms with Crippen LogP contribution in [-0.4, -0.2) is 23.7 Å². The molecule has 4 heteroatoms. The quantitative estimate of drug-likeness (QED) is 0.351. The number of ether oxygens (including phenoxy) is 1. The molecule has 2 heterocycles. The summed E-state index contributed by atoms with van der Waals surface area (Å²) in [4.78, 5) is 7.49. The van der Waals surface area contributed by atoms with Gasteiger partial charge in [-0.05, 0) is 23.6 Å². The lowest BCUT2D eigenvalue weighted by atomic mass is 9.94. The molecule has 0 saturated carbocycles. The Labute approximate surface area is 210 Å². The number of likely N-dealkylation sites (N-methyl/N-ethyl adjacent to an activating group) is 1. The largest absolute Gasteiger partial charge is 0.464 e. The summed E-state index contributed by atoms with van der Waals surface area (Å²) in [5.41, 5.74) is 7.61. The van der Waals surface area contributed by atoms with Crippen LogP contribution in [0.4, 0.5) is 5.69 Å². The van der Waals surface area contributed by atoms with E-state index in [1.807, 2.05) is 24.3 Å². The van der Waals surface area contributed by atoms with E-state index in [2.05, 4.69) is 108 Å². The Bertz CT molecular complexity index is 1600. The summed E-state index contributed by atoms with van der Waals surface area (Å²) in [6.45, 7) is 0. The molecule has 1 aliphatic carbocycles. The molecule has 7 rings (SSSR count). The van der Waals surface area contributed by atoms with Gasteiger partial charge in [-0.15, -0.1) is 0 Å². The number of fused-ring (bicyclic) bond motifs is 4. The number of hydrogen-bond donors (Lipinski definition) is 1. The third kappa shape index (κ3) is 3.34. The van der Waals surface area contributed by atoms with Gasteiger partial charge in [0.15, 0.2) is 6.23 Å². The van der Waals surface area contributed by atoms with E-state index in [4.69, 9.17) is 9.73 Å². The molecule has 0 amide bonds. The maximum absolute atomic E-state index is 6.24. The second-order valence-corrected chi connectivity index (χ2v) is 9.33. The van der Waals surface area contributed by atoms with E-state index >= 15 is 0 Å². The van der Waals surface area contributed by atoms with Crippen LogP contribution in [0.2, 0.25) is 0 Å². The van der Waals surface area contributed by atoms with E-state index in [1.165, 1.54) is 5.39 Å². The average molecular weight is 468 g/mol. The van der Waals surface area contributed by atoms with Crippen LogP contribution in [0.25, 0.3) is 22.2 Å². The highest BCUT2D eigenvalue weighted by Gasteiger charge is 2.30. The van der Waals surface area contributed by atoms with Crippen LogP contribution in [-0.2, 0) is 0 Å². The summed E-state index contributed by atoms with van der Waals surface area (Å²) in [6, 6.07) is 31.7. The van der Waals surface area contributed by atoms with Crippen molar-refractivity contribution < 1.29 is 4.74 Å². The molecule has 3 aliphatic rings. The summed E-state index contributed by atoms with van der Waals surface area (Å²) in [5.74, 6) is 0.886. The maximum Gasteiger partial charge on any atom is 0.196 e. The number of hydrogen-bond acceptors (Lipinski definition) is 4. The van der Waals surface area contributed by atoms with Gasteiger partial charge in [-0.2, -0.15) is 0 Å². The predicted octanol–water partition coefficient (Wildman–Crippen LogP) is 7.05. The minimum Gasteiger partial charge on any atom is -0.464 e. The Balaban J connectivity index is 1.35. The molecular formula is C32H25N3O. The fourth-order valence-electron chi connectivity index (χ4n) is 5.35. The van der Waals surface area contributed by atoms with E-state index < -0.39 is 0 Å². The normalized spacial score (nSPS) is 20.0. The average Bonchev–Trinajstić information content (AvgIpc) is 3.39. The van der Waals surface area contributed by atoms with Crippen molar-refractivity contribution in [1.29, 1.82) is 0 Å². The first-order valence-corrected chi connectivity index (χ1v) is 12.3. The van der Waals surface area contributed by atoms with Gasteiger partial charge in [0.05, 0.1) is 28.8 Å². The molecule has 0 spiro atoms. The lowest BCUT2D eigenvalue weighted by Gasteiger charge is -2.36. The van der Waals surface area contributed by atoms with Crippen molar-refractivity contribution in [3.05, 3.63) is 132 Å². The number of rotatable bonds is 3. The zero-order valence-electron chi connectivity index (χ0n) is 19.9.